The van der Waals surface area contributed by atoms with E-state index < -0.39 is 0 Å². The van der Waals surface area contributed by atoms with Crippen LogP contribution in [0.25, 0.3) is 0 Å². The van der Waals surface area contributed by atoms with Crippen molar-refractivity contribution in [2.45, 2.75) is 116 Å². The van der Waals surface area contributed by atoms with Crippen LogP contribution in [0.2, 0.25) is 0 Å². The van der Waals surface area contributed by atoms with Gasteiger partial charge in [-0.1, -0.05) is 103 Å². The fourth-order valence-electron chi connectivity index (χ4n) is 3.67. The minimum Gasteiger partial charge on any atom is -0.391 e. The van der Waals surface area contributed by atoms with Crippen molar-refractivity contribution < 1.29 is 5.11 Å². The standard InChI is InChI=1S/C22H44N2O/c1-2-3-4-5-6-7-8-9-10-11-12-13-14-15-16-17-22(25)20-24-19-18-23-21-24/h21-22,25H,2-20H2,1H3. The molecule has 0 spiro atoms. The molecule has 25 heavy (non-hydrogen) atoms. The first-order chi connectivity index (χ1) is 12.3. The molecule has 0 saturated carbocycles. The molecule has 0 radical (unpaired) electrons. The lowest BCUT2D eigenvalue weighted by molar-refractivity contribution is 0.135. The van der Waals surface area contributed by atoms with Gasteiger partial charge in [-0.05, 0) is 6.42 Å². The van der Waals surface area contributed by atoms with E-state index in [0.717, 1.165) is 26.1 Å². The van der Waals surface area contributed by atoms with E-state index in [1.807, 2.05) is 6.34 Å². The highest BCUT2D eigenvalue weighted by Gasteiger charge is 2.11. The van der Waals surface area contributed by atoms with Crippen LogP contribution in [-0.4, -0.2) is 42.1 Å². The van der Waals surface area contributed by atoms with Crippen LogP contribution in [-0.2, 0) is 0 Å². The van der Waals surface area contributed by atoms with Gasteiger partial charge in [0.05, 0.1) is 19.0 Å². The zero-order chi connectivity index (χ0) is 18.0. The Balaban J connectivity index is 1.71. The monoisotopic (exact) mass is 352 g/mol. The normalized spacial score (nSPS) is 15.2. The smallest absolute Gasteiger partial charge is 0.0852 e. The summed E-state index contributed by atoms with van der Waals surface area (Å²) >= 11 is 0. The van der Waals surface area contributed by atoms with Crippen molar-refractivity contribution in [2.75, 3.05) is 19.6 Å². The number of β-amino-alcohol motifs (C(OH)–C–C–N with tert-alkyl or cyclic N) is 1. The van der Waals surface area contributed by atoms with Crippen LogP contribution < -0.4 is 0 Å². The third kappa shape index (κ3) is 14.3. The van der Waals surface area contributed by atoms with Gasteiger partial charge in [-0.3, -0.25) is 4.99 Å². The number of rotatable bonds is 18. The summed E-state index contributed by atoms with van der Waals surface area (Å²) in [4.78, 5) is 6.32. The fourth-order valence-corrected chi connectivity index (χ4v) is 3.67. The predicted molar refractivity (Wildman–Crippen MR) is 110 cm³/mol. The Bertz CT molecular complexity index is 306. The Hall–Kier alpha value is -0.570. The van der Waals surface area contributed by atoms with Gasteiger partial charge >= 0.3 is 0 Å². The molecule has 0 bridgehead atoms. The summed E-state index contributed by atoms with van der Waals surface area (Å²) < 4.78 is 0. The molecular formula is C22H44N2O. The van der Waals surface area contributed by atoms with E-state index in [1.165, 1.54) is 96.3 Å². The van der Waals surface area contributed by atoms with E-state index in [9.17, 15) is 5.11 Å². The number of hydrogen-bond acceptors (Lipinski definition) is 3. The Kier molecular flexibility index (Phi) is 15.2. The third-order valence-corrected chi connectivity index (χ3v) is 5.35. The Morgan fingerprint density at radius 1 is 0.800 bits per heavy atom. The Labute approximate surface area is 157 Å². The summed E-state index contributed by atoms with van der Waals surface area (Å²) in [5.41, 5.74) is 0. The zero-order valence-corrected chi connectivity index (χ0v) is 16.9. The Morgan fingerprint density at radius 2 is 1.28 bits per heavy atom. The van der Waals surface area contributed by atoms with Crippen molar-refractivity contribution in [2.24, 2.45) is 4.99 Å². The first kappa shape index (κ1) is 22.5. The van der Waals surface area contributed by atoms with Crippen LogP contribution in [0.1, 0.15) is 110 Å². The molecule has 0 aliphatic carbocycles. The largest absolute Gasteiger partial charge is 0.391 e. The zero-order valence-electron chi connectivity index (χ0n) is 16.9. The summed E-state index contributed by atoms with van der Waals surface area (Å²) in [5.74, 6) is 0. The van der Waals surface area contributed by atoms with Gasteiger partial charge in [0.2, 0.25) is 0 Å². The second-order valence-electron chi connectivity index (χ2n) is 7.91. The van der Waals surface area contributed by atoms with E-state index in [2.05, 4.69) is 16.8 Å². The molecule has 0 aromatic rings. The predicted octanol–water partition coefficient (Wildman–Crippen LogP) is 5.95. The third-order valence-electron chi connectivity index (χ3n) is 5.35. The maximum Gasteiger partial charge on any atom is 0.0852 e. The van der Waals surface area contributed by atoms with Gasteiger partial charge in [0.15, 0.2) is 0 Å². The van der Waals surface area contributed by atoms with Crippen molar-refractivity contribution in [1.29, 1.82) is 0 Å². The molecule has 1 N–H and O–H groups in total. The van der Waals surface area contributed by atoms with Crippen LogP contribution in [0.5, 0.6) is 0 Å². The van der Waals surface area contributed by atoms with Crippen LogP contribution in [0.15, 0.2) is 4.99 Å². The molecule has 1 heterocycles. The van der Waals surface area contributed by atoms with Gasteiger partial charge in [-0.15, -0.1) is 0 Å². The molecule has 0 amide bonds. The average molecular weight is 353 g/mol. The maximum atomic E-state index is 10.0. The highest BCUT2D eigenvalue weighted by atomic mass is 16.3. The van der Waals surface area contributed by atoms with Crippen LogP contribution >= 0.6 is 0 Å². The number of aliphatic hydroxyl groups excluding tert-OH is 1. The van der Waals surface area contributed by atoms with E-state index in [0.29, 0.717) is 0 Å². The molecule has 1 aliphatic heterocycles. The van der Waals surface area contributed by atoms with E-state index >= 15 is 0 Å². The Morgan fingerprint density at radius 3 is 1.72 bits per heavy atom. The van der Waals surface area contributed by atoms with Gasteiger partial charge in [-0.25, -0.2) is 0 Å². The van der Waals surface area contributed by atoms with Crippen LogP contribution in [0, 0.1) is 0 Å². The van der Waals surface area contributed by atoms with Gasteiger partial charge < -0.3 is 10.0 Å². The number of unbranched alkanes of at least 4 members (excludes halogenated alkanes) is 14. The molecule has 0 fully saturated rings. The molecule has 0 aromatic carbocycles. The first-order valence-corrected chi connectivity index (χ1v) is 11.2. The molecule has 1 aliphatic rings. The molecule has 0 aromatic heterocycles. The van der Waals surface area contributed by atoms with Crippen molar-refractivity contribution in [3.63, 3.8) is 0 Å². The van der Waals surface area contributed by atoms with Gasteiger partial charge in [-0.2, -0.15) is 0 Å². The molecular weight excluding hydrogens is 308 g/mol. The van der Waals surface area contributed by atoms with Gasteiger partial charge in [0.25, 0.3) is 0 Å². The van der Waals surface area contributed by atoms with Crippen molar-refractivity contribution in [1.82, 2.24) is 4.90 Å². The molecule has 3 nitrogen and oxygen atoms in total. The lowest BCUT2D eigenvalue weighted by Gasteiger charge is -2.18. The lowest BCUT2D eigenvalue weighted by Crippen LogP contribution is -2.30. The number of hydrogen-bond donors (Lipinski definition) is 1. The molecule has 3 heteroatoms. The summed E-state index contributed by atoms with van der Waals surface area (Å²) in [6.45, 7) is 4.93. The topological polar surface area (TPSA) is 35.8 Å². The number of aliphatic hydroxyl groups is 1. The molecule has 1 rings (SSSR count). The summed E-state index contributed by atoms with van der Waals surface area (Å²) in [6, 6.07) is 0. The van der Waals surface area contributed by atoms with Crippen molar-refractivity contribution in [3.8, 4) is 0 Å². The van der Waals surface area contributed by atoms with Crippen LogP contribution in [0.4, 0.5) is 0 Å². The van der Waals surface area contributed by atoms with E-state index in [4.69, 9.17) is 0 Å². The SMILES string of the molecule is CCCCCCCCCCCCCCCCCC(O)CN1C=NCC1. The molecule has 1 atom stereocenters. The maximum absolute atomic E-state index is 10.0. The second-order valence-corrected chi connectivity index (χ2v) is 7.91. The fraction of sp³-hybridized carbons (Fsp3) is 0.955. The number of nitrogens with zero attached hydrogens (tertiary/aromatic N) is 2. The number of aliphatic imine (C=N–C) groups is 1. The van der Waals surface area contributed by atoms with E-state index in [1.54, 1.807) is 0 Å². The minimum absolute atomic E-state index is 0.175. The first-order valence-electron chi connectivity index (χ1n) is 11.2. The lowest BCUT2D eigenvalue weighted by atomic mass is 10.0. The summed E-state index contributed by atoms with van der Waals surface area (Å²) in [6.07, 6.45) is 23.6. The summed E-state index contributed by atoms with van der Waals surface area (Å²) in [5, 5.41) is 10.0. The van der Waals surface area contributed by atoms with Crippen molar-refractivity contribution in [3.05, 3.63) is 0 Å². The molecule has 0 saturated heterocycles. The highest BCUT2D eigenvalue weighted by Crippen LogP contribution is 2.14. The minimum atomic E-state index is -0.175. The van der Waals surface area contributed by atoms with Gasteiger partial charge in [0.1, 0.15) is 0 Å². The quantitative estimate of drug-likeness (QED) is 0.309. The van der Waals surface area contributed by atoms with Gasteiger partial charge in [0, 0.05) is 13.1 Å². The van der Waals surface area contributed by atoms with Crippen LogP contribution in [0.3, 0.4) is 0 Å². The highest BCUT2D eigenvalue weighted by molar-refractivity contribution is 5.56. The molecule has 1 unspecified atom stereocenters. The van der Waals surface area contributed by atoms with Crippen molar-refractivity contribution >= 4 is 6.34 Å². The molecule has 148 valence electrons. The van der Waals surface area contributed by atoms with E-state index in [-0.39, 0.29) is 6.10 Å². The summed E-state index contributed by atoms with van der Waals surface area (Å²) in [7, 11) is 0. The second kappa shape index (κ2) is 16.9. The average Bonchev–Trinajstić information content (AvgIpc) is 3.11.